The number of rotatable bonds is 9. The molecule has 0 aliphatic rings. The molecule has 2 N–H and O–H groups in total. The van der Waals surface area contributed by atoms with Crippen molar-refractivity contribution in [3.8, 4) is 0 Å². The van der Waals surface area contributed by atoms with E-state index in [9.17, 15) is 17.6 Å². The van der Waals surface area contributed by atoms with Gasteiger partial charge in [-0.3, -0.25) is 4.79 Å². The Bertz CT molecular complexity index is 849. The topological polar surface area (TPSA) is 78.5 Å². The van der Waals surface area contributed by atoms with E-state index in [2.05, 4.69) is 10.6 Å². The minimum Gasteiger partial charge on any atom is -0.376 e. The SMILES string of the molecule is CCN(CC)S(=O)(=O)c1ccc(NCC(=O)NCc2ccc(F)cc2)cc1. The van der Waals surface area contributed by atoms with E-state index in [1.165, 1.54) is 28.6 Å². The molecule has 0 radical (unpaired) electrons. The monoisotopic (exact) mass is 393 g/mol. The third-order valence-electron chi connectivity index (χ3n) is 4.05. The number of amides is 1. The number of nitrogens with one attached hydrogen (secondary N) is 2. The molecule has 0 saturated carbocycles. The summed E-state index contributed by atoms with van der Waals surface area (Å²) in [5.74, 6) is -0.544. The Morgan fingerprint density at radius 3 is 2.15 bits per heavy atom. The van der Waals surface area contributed by atoms with Crippen LogP contribution in [0.1, 0.15) is 19.4 Å². The zero-order valence-corrected chi connectivity index (χ0v) is 16.2. The van der Waals surface area contributed by atoms with Gasteiger partial charge in [0.2, 0.25) is 15.9 Å². The Morgan fingerprint density at radius 2 is 1.59 bits per heavy atom. The molecule has 0 aliphatic heterocycles. The van der Waals surface area contributed by atoms with E-state index in [0.29, 0.717) is 25.3 Å². The number of nitrogens with zero attached hydrogens (tertiary/aromatic N) is 1. The van der Waals surface area contributed by atoms with Crippen molar-refractivity contribution in [3.05, 3.63) is 59.9 Å². The number of hydrogen-bond donors (Lipinski definition) is 2. The molecule has 0 spiro atoms. The summed E-state index contributed by atoms with van der Waals surface area (Å²) in [5, 5.41) is 5.67. The third kappa shape index (κ3) is 5.77. The van der Waals surface area contributed by atoms with Gasteiger partial charge in [-0.15, -0.1) is 0 Å². The van der Waals surface area contributed by atoms with E-state index in [1.54, 1.807) is 38.1 Å². The molecule has 0 heterocycles. The Labute approximate surface area is 159 Å². The Morgan fingerprint density at radius 1 is 1.00 bits per heavy atom. The highest BCUT2D eigenvalue weighted by Gasteiger charge is 2.21. The molecule has 2 aromatic carbocycles. The molecule has 0 saturated heterocycles. The van der Waals surface area contributed by atoms with Crippen LogP contribution in [-0.2, 0) is 21.4 Å². The van der Waals surface area contributed by atoms with E-state index in [4.69, 9.17) is 0 Å². The summed E-state index contributed by atoms with van der Waals surface area (Å²) in [6.45, 7) is 4.76. The first-order valence-electron chi connectivity index (χ1n) is 8.72. The van der Waals surface area contributed by atoms with Crippen LogP contribution in [0, 0.1) is 5.82 Å². The molecule has 0 fully saturated rings. The van der Waals surface area contributed by atoms with Crippen LogP contribution in [0.3, 0.4) is 0 Å². The minimum atomic E-state index is -3.49. The largest absolute Gasteiger partial charge is 0.376 e. The molecule has 27 heavy (non-hydrogen) atoms. The lowest BCUT2D eigenvalue weighted by molar-refractivity contribution is -0.119. The average Bonchev–Trinajstić information content (AvgIpc) is 2.67. The van der Waals surface area contributed by atoms with Gasteiger partial charge < -0.3 is 10.6 Å². The van der Waals surface area contributed by atoms with Crippen LogP contribution in [0.2, 0.25) is 0 Å². The smallest absolute Gasteiger partial charge is 0.243 e. The number of sulfonamides is 1. The lowest BCUT2D eigenvalue weighted by Crippen LogP contribution is -2.30. The standard InChI is InChI=1S/C19H24FN3O3S/c1-3-23(4-2)27(25,26)18-11-9-17(10-12-18)21-14-19(24)22-13-15-5-7-16(20)8-6-15/h5-12,21H,3-4,13-14H2,1-2H3,(H,22,24). The van der Waals surface area contributed by atoms with Crippen molar-refractivity contribution in [2.75, 3.05) is 25.0 Å². The molecule has 2 rings (SSSR count). The van der Waals surface area contributed by atoms with Crippen LogP contribution in [0.5, 0.6) is 0 Å². The van der Waals surface area contributed by atoms with Crippen molar-refractivity contribution >= 4 is 21.6 Å². The predicted octanol–water partition coefficient (Wildman–Crippen LogP) is 2.58. The molecule has 6 nitrogen and oxygen atoms in total. The highest BCUT2D eigenvalue weighted by molar-refractivity contribution is 7.89. The molecule has 1 amide bonds. The zero-order valence-electron chi connectivity index (χ0n) is 15.4. The summed E-state index contributed by atoms with van der Waals surface area (Å²) in [7, 11) is -3.49. The number of carbonyl (C=O) groups excluding carboxylic acids is 1. The lowest BCUT2D eigenvalue weighted by Gasteiger charge is -2.18. The van der Waals surface area contributed by atoms with E-state index in [0.717, 1.165) is 5.56 Å². The van der Waals surface area contributed by atoms with Gasteiger partial charge in [0.05, 0.1) is 11.4 Å². The van der Waals surface area contributed by atoms with Crippen molar-refractivity contribution in [1.82, 2.24) is 9.62 Å². The molecular formula is C19H24FN3O3S. The summed E-state index contributed by atoms with van der Waals surface area (Å²) >= 11 is 0. The van der Waals surface area contributed by atoms with E-state index in [1.807, 2.05) is 0 Å². The van der Waals surface area contributed by atoms with Gasteiger partial charge in [0, 0.05) is 25.3 Å². The highest BCUT2D eigenvalue weighted by Crippen LogP contribution is 2.18. The highest BCUT2D eigenvalue weighted by atomic mass is 32.2. The van der Waals surface area contributed by atoms with Gasteiger partial charge in [-0.2, -0.15) is 4.31 Å². The van der Waals surface area contributed by atoms with Crippen molar-refractivity contribution in [2.24, 2.45) is 0 Å². The van der Waals surface area contributed by atoms with E-state index >= 15 is 0 Å². The summed E-state index contributed by atoms with van der Waals surface area (Å²) in [4.78, 5) is 12.1. The van der Waals surface area contributed by atoms with Gasteiger partial charge in [0.25, 0.3) is 0 Å². The lowest BCUT2D eigenvalue weighted by atomic mass is 10.2. The summed E-state index contributed by atoms with van der Waals surface area (Å²) < 4.78 is 39.1. The van der Waals surface area contributed by atoms with Crippen LogP contribution in [0.15, 0.2) is 53.4 Å². The molecule has 0 aromatic heterocycles. The second-order valence-corrected chi connectivity index (χ2v) is 7.81. The summed E-state index contributed by atoms with van der Waals surface area (Å²) in [5.41, 5.74) is 1.45. The number of anilines is 1. The number of hydrogen-bond acceptors (Lipinski definition) is 4. The Kier molecular flexibility index (Phi) is 7.32. The number of benzene rings is 2. The van der Waals surface area contributed by atoms with Crippen LogP contribution >= 0.6 is 0 Å². The second-order valence-electron chi connectivity index (χ2n) is 5.87. The molecule has 146 valence electrons. The maximum atomic E-state index is 12.8. The molecule has 8 heteroatoms. The first-order chi connectivity index (χ1) is 12.9. The molecule has 2 aromatic rings. The van der Waals surface area contributed by atoms with Gasteiger partial charge in [-0.1, -0.05) is 26.0 Å². The molecule has 0 bridgehead atoms. The molecular weight excluding hydrogens is 369 g/mol. The molecule has 0 unspecified atom stereocenters. The average molecular weight is 393 g/mol. The Balaban J connectivity index is 1.87. The van der Waals surface area contributed by atoms with Crippen molar-refractivity contribution in [2.45, 2.75) is 25.3 Å². The predicted molar refractivity (Wildman–Crippen MR) is 103 cm³/mol. The maximum Gasteiger partial charge on any atom is 0.243 e. The van der Waals surface area contributed by atoms with Crippen LogP contribution in [0.4, 0.5) is 10.1 Å². The van der Waals surface area contributed by atoms with Crippen LogP contribution < -0.4 is 10.6 Å². The minimum absolute atomic E-state index is 0.0450. The van der Waals surface area contributed by atoms with Gasteiger partial charge >= 0.3 is 0 Å². The maximum absolute atomic E-state index is 12.8. The third-order valence-corrected chi connectivity index (χ3v) is 6.12. The van der Waals surface area contributed by atoms with Gasteiger partial charge in [-0.25, -0.2) is 12.8 Å². The van der Waals surface area contributed by atoms with Gasteiger partial charge in [-0.05, 0) is 42.0 Å². The fourth-order valence-electron chi connectivity index (χ4n) is 2.51. The first kappa shape index (κ1) is 20.9. The summed E-state index contributed by atoms with van der Waals surface area (Å²) in [6, 6.07) is 12.2. The van der Waals surface area contributed by atoms with Gasteiger partial charge in [0.15, 0.2) is 0 Å². The number of halogens is 1. The fourth-order valence-corrected chi connectivity index (χ4v) is 3.96. The molecule has 0 atom stereocenters. The van der Waals surface area contributed by atoms with Crippen LogP contribution in [-0.4, -0.2) is 38.3 Å². The van der Waals surface area contributed by atoms with Gasteiger partial charge in [0.1, 0.15) is 5.82 Å². The van der Waals surface area contributed by atoms with Crippen molar-refractivity contribution in [1.29, 1.82) is 0 Å². The quantitative estimate of drug-likeness (QED) is 0.686. The van der Waals surface area contributed by atoms with E-state index < -0.39 is 10.0 Å². The Hall–Kier alpha value is -2.45. The molecule has 0 aliphatic carbocycles. The van der Waals surface area contributed by atoms with Crippen LogP contribution in [0.25, 0.3) is 0 Å². The van der Waals surface area contributed by atoms with Crippen molar-refractivity contribution in [3.63, 3.8) is 0 Å². The van der Waals surface area contributed by atoms with Crippen molar-refractivity contribution < 1.29 is 17.6 Å². The first-order valence-corrected chi connectivity index (χ1v) is 10.2. The second kappa shape index (κ2) is 9.48. The fraction of sp³-hybridized carbons (Fsp3) is 0.316. The summed E-state index contributed by atoms with van der Waals surface area (Å²) in [6.07, 6.45) is 0. The van der Waals surface area contributed by atoms with E-state index in [-0.39, 0.29) is 23.2 Å². The normalized spacial score (nSPS) is 11.4. The number of carbonyl (C=O) groups is 1. The zero-order chi connectivity index (χ0) is 19.9.